The van der Waals surface area contributed by atoms with Crippen LogP contribution in [0.15, 0.2) is 12.3 Å². The highest BCUT2D eigenvalue weighted by Gasteiger charge is 2.36. The Morgan fingerprint density at radius 2 is 2.04 bits per heavy atom. The summed E-state index contributed by atoms with van der Waals surface area (Å²) in [6.45, 7) is 5.21. The van der Waals surface area contributed by atoms with E-state index in [2.05, 4.69) is 21.8 Å². The van der Waals surface area contributed by atoms with Crippen LogP contribution < -0.4 is 15.4 Å². The quantitative estimate of drug-likeness (QED) is 0.820. The lowest BCUT2D eigenvalue weighted by atomic mass is 9.95. The number of methoxy groups -OCH3 is 1. The van der Waals surface area contributed by atoms with Gasteiger partial charge in [-0.05, 0) is 38.6 Å². The number of rotatable bonds is 4. The lowest BCUT2D eigenvalue weighted by Gasteiger charge is -2.34. The summed E-state index contributed by atoms with van der Waals surface area (Å²) in [4.78, 5) is 25.7. The van der Waals surface area contributed by atoms with E-state index in [-0.39, 0.29) is 30.7 Å². The molecular weight excluding hydrogens is 377 g/mol. The zero-order valence-corrected chi connectivity index (χ0v) is 17.0. The van der Waals surface area contributed by atoms with E-state index in [9.17, 15) is 4.79 Å². The van der Waals surface area contributed by atoms with Crippen molar-refractivity contribution in [1.82, 2.24) is 14.9 Å². The zero-order chi connectivity index (χ0) is 17.1. The van der Waals surface area contributed by atoms with Crippen LogP contribution in [0.5, 0.6) is 5.88 Å². The second kappa shape index (κ2) is 10.1. The Kier molecular flexibility index (Phi) is 8.86. The normalized spacial score (nSPS) is 23.2. The number of ether oxygens (including phenoxy) is 1. The van der Waals surface area contributed by atoms with Gasteiger partial charge in [0, 0.05) is 43.9 Å². The zero-order valence-electron chi connectivity index (χ0n) is 15.3. The van der Waals surface area contributed by atoms with Crippen molar-refractivity contribution in [2.45, 2.75) is 32.2 Å². The Morgan fingerprint density at radius 3 is 2.62 bits per heavy atom. The molecule has 148 valence electrons. The average Bonchev–Trinajstić information content (AvgIpc) is 3.02. The maximum absolute atomic E-state index is 12.8. The topological polar surface area (TPSA) is 84.6 Å². The fourth-order valence-corrected chi connectivity index (χ4v) is 3.78. The van der Waals surface area contributed by atoms with Gasteiger partial charge < -0.3 is 20.3 Å². The fourth-order valence-electron chi connectivity index (χ4n) is 3.78. The Bertz CT molecular complexity index is 584. The average molecular weight is 406 g/mol. The van der Waals surface area contributed by atoms with E-state index in [1.807, 2.05) is 4.90 Å². The van der Waals surface area contributed by atoms with E-state index >= 15 is 0 Å². The van der Waals surface area contributed by atoms with Crippen LogP contribution in [0.2, 0.25) is 0 Å². The predicted octanol–water partition coefficient (Wildman–Crippen LogP) is 1.74. The second-order valence-corrected chi connectivity index (χ2v) is 6.84. The number of aromatic nitrogens is 2. The Labute approximate surface area is 167 Å². The van der Waals surface area contributed by atoms with Gasteiger partial charge in [0.1, 0.15) is 0 Å². The van der Waals surface area contributed by atoms with Gasteiger partial charge in [0.15, 0.2) is 0 Å². The van der Waals surface area contributed by atoms with E-state index in [0.29, 0.717) is 36.2 Å². The minimum atomic E-state index is 0. The molecule has 26 heavy (non-hydrogen) atoms. The van der Waals surface area contributed by atoms with Crippen molar-refractivity contribution in [3.63, 3.8) is 0 Å². The van der Waals surface area contributed by atoms with E-state index < -0.39 is 0 Å². The molecule has 0 radical (unpaired) electrons. The second-order valence-electron chi connectivity index (χ2n) is 6.84. The van der Waals surface area contributed by atoms with Gasteiger partial charge in [-0.3, -0.25) is 4.79 Å². The summed E-state index contributed by atoms with van der Waals surface area (Å²) in [5.74, 6) is 2.10. The number of likely N-dealkylation sites (tertiary alicyclic amines) is 1. The predicted molar refractivity (Wildman–Crippen MR) is 106 cm³/mol. The molecule has 1 amide bonds. The molecule has 2 atom stereocenters. The van der Waals surface area contributed by atoms with E-state index in [4.69, 9.17) is 10.5 Å². The monoisotopic (exact) mass is 405 g/mol. The van der Waals surface area contributed by atoms with Gasteiger partial charge in [-0.25, -0.2) is 4.98 Å². The van der Waals surface area contributed by atoms with Crippen molar-refractivity contribution in [3.05, 3.63) is 12.3 Å². The molecule has 0 saturated carbocycles. The van der Waals surface area contributed by atoms with Gasteiger partial charge in [0.25, 0.3) is 0 Å². The third-order valence-corrected chi connectivity index (χ3v) is 5.23. The van der Waals surface area contributed by atoms with Crippen molar-refractivity contribution in [1.29, 1.82) is 0 Å². The van der Waals surface area contributed by atoms with Crippen molar-refractivity contribution < 1.29 is 9.53 Å². The van der Waals surface area contributed by atoms with Gasteiger partial charge >= 0.3 is 0 Å². The summed E-state index contributed by atoms with van der Waals surface area (Å²) in [5.41, 5.74) is 5.77. The molecule has 2 N–H and O–H groups in total. The summed E-state index contributed by atoms with van der Waals surface area (Å²) in [7, 11) is 1.60. The van der Waals surface area contributed by atoms with Gasteiger partial charge in [-0.1, -0.05) is 0 Å². The number of carbonyl (C=O) groups excluding carboxylic acids is 1. The first-order valence-corrected chi connectivity index (χ1v) is 8.75. The van der Waals surface area contributed by atoms with E-state index in [1.165, 1.54) is 0 Å². The van der Waals surface area contributed by atoms with Crippen LogP contribution >= 0.6 is 24.8 Å². The molecular formula is C17H29Cl2N5O2. The minimum Gasteiger partial charge on any atom is -0.481 e. The first-order chi connectivity index (χ1) is 11.6. The number of nitrogens with two attached hydrogens (primary N) is 1. The van der Waals surface area contributed by atoms with Crippen LogP contribution in [0, 0.1) is 11.8 Å². The van der Waals surface area contributed by atoms with Crippen molar-refractivity contribution >= 4 is 36.7 Å². The number of carbonyl (C=O) groups is 1. The molecule has 3 heterocycles. The third-order valence-electron chi connectivity index (χ3n) is 5.23. The van der Waals surface area contributed by atoms with E-state index in [0.717, 1.165) is 38.9 Å². The standard InChI is InChI=1S/C17H27N5O2.2ClH/c1-12-9-13(10-18)11-22(12)16(23)14-4-7-21(8-5-14)17-19-6-3-15(20-17)24-2;;/h3,6,12-14H,4-5,7-11,18H2,1-2H3;2*1H. The molecule has 0 aromatic carbocycles. The van der Waals surface area contributed by atoms with Crippen LogP contribution in [0.4, 0.5) is 5.95 Å². The van der Waals surface area contributed by atoms with Crippen molar-refractivity contribution in [2.75, 3.05) is 38.2 Å². The third kappa shape index (κ3) is 4.90. The first-order valence-electron chi connectivity index (χ1n) is 8.75. The highest BCUT2D eigenvalue weighted by molar-refractivity contribution is 5.85. The van der Waals surface area contributed by atoms with Gasteiger partial charge in [0.05, 0.1) is 7.11 Å². The Morgan fingerprint density at radius 1 is 1.35 bits per heavy atom. The lowest BCUT2D eigenvalue weighted by molar-refractivity contribution is -0.136. The number of piperidine rings is 1. The van der Waals surface area contributed by atoms with Gasteiger partial charge in [-0.2, -0.15) is 4.98 Å². The molecule has 1 aromatic rings. The molecule has 2 unspecified atom stereocenters. The number of hydrogen-bond donors (Lipinski definition) is 1. The van der Waals surface area contributed by atoms with Gasteiger partial charge in [-0.15, -0.1) is 24.8 Å². The Hall–Kier alpha value is -1.31. The van der Waals surface area contributed by atoms with Crippen molar-refractivity contribution in [3.8, 4) is 5.88 Å². The van der Waals surface area contributed by atoms with Crippen molar-refractivity contribution in [2.24, 2.45) is 17.6 Å². The number of nitrogens with zero attached hydrogens (tertiary/aromatic N) is 4. The summed E-state index contributed by atoms with van der Waals surface area (Å²) >= 11 is 0. The van der Waals surface area contributed by atoms with Crippen LogP contribution in [-0.2, 0) is 4.79 Å². The highest BCUT2D eigenvalue weighted by Crippen LogP contribution is 2.28. The summed E-state index contributed by atoms with van der Waals surface area (Å²) in [6.07, 6.45) is 4.42. The number of amides is 1. The summed E-state index contributed by atoms with van der Waals surface area (Å²) < 4.78 is 5.16. The summed E-state index contributed by atoms with van der Waals surface area (Å²) in [5, 5.41) is 0. The Balaban J connectivity index is 0.00000169. The smallest absolute Gasteiger partial charge is 0.228 e. The highest BCUT2D eigenvalue weighted by atomic mass is 35.5. The van der Waals surface area contributed by atoms with Crippen LogP contribution in [0.3, 0.4) is 0 Å². The molecule has 0 aliphatic carbocycles. The molecule has 0 spiro atoms. The maximum Gasteiger partial charge on any atom is 0.228 e. The molecule has 2 aliphatic rings. The number of halogens is 2. The first kappa shape index (κ1) is 22.7. The number of hydrogen-bond acceptors (Lipinski definition) is 6. The number of anilines is 1. The van der Waals surface area contributed by atoms with Crippen LogP contribution in [0.25, 0.3) is 0 Å². The molecule has 7 nitrogen and oxygen atoms in total. The lowest BCUT2D eigenvalue weighted by Crippen LogP contribution is -2.44. The molecule has 2 fully saturated rings. The van der Waals surface area contributed by atoms with Crippen LogP contribution in [-0.4, -0.2) is 60.1 Å². The molecule has 2 aliphatic heterocycles. The fraction of sp³-hybridized carbons (Fsp3) is 0.706. The SMILES string of the molecule is COc1ccnc(N2CCC(C(=O)N3CC(CN)CC3C)CC2)n1.Cl.Cl. The molecule has 9 heteroatoms. The largest absolute Gasteiger partial charge is 0.481 e. The molecule has 3 rings (SSSR count). The van der Waals surface area contributed by atoms with Crippen LogP contribution in [0.1, 0.15) is 26.2 Å². The minimum absolute atomic E-state index is 0. The molecule has 1 aromatic heterocycles. The molecule has 0 bridgehead atoms. The van der Waals surface area contributed by atoms with Gasteiger partial charge in [0.2, 0.25) is 17.7 Å². The summed E-state index contributed by atoms with van der Waals surface area (Å²) in [6, 6.07) is 2.05. The molecule has 2 saturated heterocycles. The van der Waals surface area contributed by atoms with E-state index in [1.54, 1.807) is 19.4 Å². The maximum atomic E-state index is 12.8.